The van der Waals surface area contributed by atoms with Gasteiger partial charge in [0.2, 0.25) is 0 Å². The van der Waals surface area contributed by atoms with Gasteiger partial charge in [0.05, 0.1) is 0 Å². The lowest BCUT2D eigenvalue weighted by atomic mass is 10.1. The van der Waals surface area contributed by atoms with E-state index in [1.807, 2.05) is 6.92 Å². The number of aryl methyl sites for hydroxylation is 2. The quantitative estimate of drug-likeness (QED) is 0.709. The normalized spacial score (nSPS) is 11.1. The maximum absolute atomic E-state index is 13.1. The number of nitrogens with zero attached hydrogens (tertiary/aromatic N) is 3. The lowest BCUT2D eigenvalue weighted by molar-refractivity contribution is 0.283. The van der Waals surface area contributed by atoms with Gasteiger partial charge in [0, 0.05) is 31.0 Å². The third-order valence-corrected chi connectivity index (χ3v) is 3.65. The second-order valence-electron chi connectivity index (χ2n) is 5.30. The maximum Gasteiger partial charge on any atom is 0.307 e. The zero-order chi connectivity index (χ0) is 16.2. The number of benzene rings is 1. The largest absolute Gasteiger partial charge is 0.427 e. The molecule has 1 aromatic carbocycles. The fourth-order valence-electron chi connectivity index (χ4n) is 2.42. The number of aliphatic hydroxyl groups excluding tert-OH is 1. The standard InChI is InChI=1S/C17H18FN3O2/c1-12-19-9-10-21(12)17-20-16(13-5-7-14(18)8-6-13)15(23-17)4-2-3-11-22/h5-10,22H,2-4,11H2,1H3. The number of rotatable bonds is 6. The Morgan fingerprint density at radius 3 is 2.65 bits per heavy atom. The van der Waals surface area contributed by atoms with E-state index in [2.05, 4.69) is 9.97 Å². The Kier molecular flexibility index (Phi) is 4.52. The molecule has 0 spiro atoms. The Morgan fingerprint density at radius 2 is 2.00 bits per heavy atom. The van der Waals surface area contributed by atoms with Gasteiger partial charge in [-0.1, -0.05) is 0 Å². The fraction of sp³-hybridized carbons (Fsp3) is 0.294. The van der Waals surface area contributed by atoms with Gasteiger partial charge in [-0.15, -0.1) is 0 Å². The van der Waals surface area contributed by atoms with E-state index in [-0.39, 0.29) is 12.4 Å². The highest BCUT2D eigenvalue weighted by Gasteiger charge is 2.17. The van der Waals surface area contributed by atoms with Gasteiger partial charge in [0.25, 0.3) is 0 Å². The van der Waals surface area contributed by atoms with Crippen LogP contribution in [0.25, 0.3) is 17.3 Å². The first-order chi connectivity index (χ1) is 11.2. The summed E-state index contributed by atoms with van der Waals surface area (Å²) in [5.41, 5.74) is 1.50. The van der Waals surface area contributed by atoms with Gasteiger partial charge in [-0.3, -0.25) is 4.57 Å². The average molecular weight is 315 g/mol. The van der Waals surface area contributed by atoms with Crippen LogP contribution in [0.15, 0.2) is 41.1 Å². The summed E-state index contributed by atoms with van der Waals surface area (Å²) >= 11 is 0. The van der Waals surface area contributed by atoms with Gasteiger partial charge in [0.1, 0.15) is 23.1 Å². The third-order valence-electron chi connectivity index (χ3n) is 3.65. The SMILES string of the molecule is Cc1nccn1-c1nc(-c2ccc(F)cc2)c(CCCCO)o1. The summed E-state index contributed by atoms with van der Waals surface area (Å²) in [5.74, 6) is 1.22. The molecule has 6 heteroatoms. The zero-order valence-electron chi connectivity index (χ0n) is 12.9. The molecular formula is C17H18FN3O2. The topological polar surface area (TPSA) is 64.1 Å². The van der Waals surface area contributed by atoms with Crippen LogP contribution >= 0.6 is 0 Å². The number of imidazole rings is 1. The number of halogens is 1. The summed E-state index contributed by atoms with van der Waals surface area (Å²) in [6.45, 7) is 2.01. The van der Waals surface area contributed by atoms with Crippen molar-refractivity contribution in [3.8, 4) is 17.3 Å². The van der Waals surface area contributed by atoms with Gasteiger partial charge in [-0.2, -0.15) is 4.98 Å². The van der Waals surface area contributed by atoms with E-state index in [0.29, 0.717) is 24.6 Å². The van der Waals surface area contributed by atoms with E-state index in [9.17, 15) is 4.39 Å². The van der Waals surface area contributed by atoms with Crippen molar-refractivity contribution in [2.75, 3.05) is 6.61 Å². The molecule has 0 aliphatic carbocycles. The molecule has 0 aliphatic rings. The molecule has 2 heterocycles. The molecule has 1 N–H and O–H groups in total. The van der Waals surface area contributed by atoms with Crippen LogP contribution in [0.1, 0.15) is 24.4 Å². The van der Waals surface area contributed by atoms with E-state index in [1.165, 1.54) is 12.1 Å². The van der Waals surface area contributed by atoms with Crippen molar-refractivity contribution in [1.29, 1.82) is 0 Å². The van der Waals surface area contributed by atoms with Crippen LogP contribution in [0.2, 0.25) is 0 Å². The first-order valence-corrected chi connectivity index (χ1v) is 7.56. The van der Waals surface area contributed by atoms with Crippen molar-refractivity contribution in [1.82, 2.24) is 14.5 Å². The highest BCUT2D eigenvalue weighted by atomic mass is 19.1. The molecule has 0 unspecified atom stereocenters. The summed E-state index contributed by atoms with van der Waals surface area (Å²) in [6, 6.07) is 6.63. The smallest absolute Gasteiger partial charge is 0.307 e. The second kappa shape index (κ2) is 6.75. The average Bonchev–Trinajstić information content (AvgIpc) is 3.15. The minimum absolute atomic E-state index is 0.146. The van der Waals surface area contributed by atoms with Crippen molar-refractivity contribution in [2.45, 2.75) is 26.2 Å². The number of hydrogen-bond acceptors (Lipinski definition) is 4. The van der Waals surface area contributed by atoms with Crippen LogP contribution in [-0.2, 0) is 6.42 Å². The molecule has 23 heavy (non-hydrogen) atoms. The lowest BCUT2D eigenvalue weighted by Gasteiger charge is -2.00. The lowest BCUT2D eigenvalue weighted by Crippen LogP contribution is -1.95. The molecule has 0 amide bonds. The molecule has 5 nitrogen and oxygen atoms in total. The molecule has 3 aromatic rings. The van der Waals surface area contributed by atoms with E-state index in [0.717, 1.165) is 23.6 Å². The second-order valence-corrected chi connectivity index (χ2v) is 5.30. The first kappa shape index (κ1) is 15.4. The highest BCUT2D eigenvalue weighted by molar-refractivity contribution is 5.62. The summed E-state index contributed by atoms with van der Waals surface area (Å²) in [5, 5.41) is 8.95. The van der Waals surface area contributed by atoms with Crippen LogP contribution in [0, 0.1) is 12.7 Å². The van der Waals surface area contributed by atoms with Crippen molar-refractivity contribution < 1.29 is 13.9 Å². The molecule has 120 valence electrons. The summed E-state index contributed by atoms with van der Waals surface area (Å²) in [6.07, 6.45) is 5.62. The fourth-order valence-corrected chi connectivity index (χ4v) is 2.42. The summed E-state index contributed by atoms with van der Waals surface area (Å²) in [7, 11) is 0. The Balaban J connectivity index is 1.99. The highest BCUT2D eigenvalue weighted by Crippen LogP contribution is 2.27. The van der Waals surface area contributed by atoms with Gasteiger partial charge in [-0.25, -0.2) is 9.37 Å². The van der Waals surface area contributed by atoms with Crippen LogP contribution in [-0.4, -0.2) is 26.2 Å². The third kappa shape index (κ3) is 3.32. The molecule has 3 rings (SSSR count). The van der Waals surface area contributed by atoms with Crippen molar-refractivity contribution >= 4 is 0 Å². The summed E-state index contributed by atoms with van der Waals surface area (Å²) < 4.78 is 20.8. The van der Waals surface area contributed by atoms with Crippen LogP contribution in [0.4, 0.5) is 4.39 Å². The number of aliphatic hydroxyl groups is 1. The van der Waals surface area contributed by atoms with E-state index in [4.69, 9.17) is 9.52 Å². The molecule has 0 bridgehead atoms. The molecular weight excluding hydrogens is 297 g/mol. The number of unbranched alkanes of at least 4 members (excludes halogenated alkanes) is 1. The van der Waals surface area contributed by atoms with Crippen molar-refractivity contribution in [3.05, 3.63) is 54.1 Å². The Labute approximate surface area is 133 Å². The van der Waals surface area contributed by atoms with Gasteiger partial charge < -0.3 is 9.52 Å². The predicted octanol–water partition coefficient (Wildman–Crippen LogP) is 3.29. The summed E-state index contributed by atoms with van der Waals surface area (Å²) in [4.78, 5) is 8.74. The van der Waals surface area contributed by atoms with Crippen molar-refractivity contribution in [2.24, 2.45) is 0 Å². The maximum atomic E-state index is 13.1. The number of aromatic nitrogens is 3. The van der Waals surface area contributed by atoms with Crippen LogP contribution in [0.5, 0.6) is 0 Å². The van der Waals surface area contributed by atoms with E-state index < -0.39 is 0 Å². The zero-order valence-corrected chi connectivity index (χ0v) is 12.9. The molecule has 0 atom stereocenters. The molecule has 0 aliphatic heterocycles. The van der Waals surface area contributed by atoms with Crippen LogP contribution < -0.4 is 0 Å². The Hall–Kier alpha value is -2.47. The van der Waals surface area contributed by atoms with Gasteiger partial charge in [0.15, 0.2) is 0 Å². The Bertz CT molecular complexity index is 777. The molecule has 0 saturated heterocycles. The number of oxazole rings is 1. The van der Waals surface area contributed by atoms with Crippen LogP contribution in [0.3, 0.4) is 0 Å². The first-order valence-electron chi connectivity index (χ1n) is 7.56. The molecule has 0 fully saturated rings. The predicted molar refractivity (Wildman–Crippen MR) is 83.8 cm³/mol. The number of hydrogen-bond donors (Lipinski definition) is 1. The molecule has 0 radical (unpaired) electrons. The van der Waals surface area contributed by atoms with Gasteiger partial charge in [-0.05, 0) is 44.0 Å². The Morgan fingerprint density at radius 1 is 1.22 bits per heavy atom. The van der Waals surface area contributed by atoms with E-state index in [1.54, 1.807) is 29.1 Å². The van der Waals surface area contributed by atoms with Crippen molar-refractivity contribution in [3.63, 3.8) is 0 Å². The minimum atomic E-state index is -0.287. The monoisotopic (exact) mass is 315 g/mol. The molecule has 2 aromatic heterocycles. The van der Waals surface area contributed by atoms with Gasteiger partial charge >= 0.3 is 6.01 Å². The molecule has 0 saturated carbocycles. The minimum Gasteiger partial charge on any atom is -0.427 e. The van der Waals surface area contributed by atoms with E-state index >= 15 is 0 Å².